The van der Waals surface area contributed by atoms with Gasteiger partial charge in [0.1, 0.15) is 6.04 Å². The third-order valence-electron chi connectivity index (χ3n) is 1.39. The number of aliphatic carboxylic acids is 2. The van der Waals surface area contributed by atoms with E-state index < -0.39 is 18.0 Å². The van der Waals surface area contributed by atoms with Gasteiger partial charge in [0.2, 0.25) is 5.96 Å². The number of rotatable bonds is 5. The molecular weight excluding hydrogens is 232 g/mol. The quantitative estimate of drug-likeness (QED) is 0.149. The Morgan fingerprint density at radius 2 is 1.88 bits per heavy atom. The first-order valence-electron chi connectivity index (χ1n) is 4.69. The number of hydrogen-bond donors (Lipinski definition) is 6. The average Bonchev–Trinajstić information content (AvgIpc) is 2.22. The van der Waals surface area contributed by atoms with Crippen molar-refractivity contribution in [1.29, 1.82) is 0 Å². The second-order valence-electron chi connectivity index (χ2n) is 2.98. The van der Waals surface area contributed by atoms with Crippen LogP contribution in [-0.2, 0) is 9.59 Å². The van der Waals surface area contributed by atoms with Crippen LogP contribution in [-0.4, -0.2) is 45.9 Å². The number of nitrogens with one attached hydrogen (secondary N) is 1. The Balaban J connectivity index is 0. The predicted molar refractivity (Wildman–Crippen MR) is 59.6 cm³/mol. The van der Waals surface area contributed by atoms with E-state index in [0.29, 0.717) is 19.4 Å². The Kier molecular flexibility index (Phi) is 11.0. The van der Waals surface area contributed by atoms with Gasteiger partial charge in [-0.2, -0.15) is 0 Å². The Labute approximate surface area is 98.1 Å². The van der Waals surface area contributed by atoms with E-state index >= 15 is 0 Å². The van der Waals surface area contributed by atoms with Crippen molar-refractivity contribution in [3.05, 3.63) is 0 Å². The van der Waals surface area contributed by atoms with Gasteiger partial charge in [-0.05, 0) is 12.8 Å². The SMILES string of the molecule is CC(=O)O.NC(=NCCCC(N)C(=O)O)NO. The molecule has 0 bridgehead atoms. The molecule has 0 fully saturated rings. The van der Waals surface area contributed by atoms with E-state index in [1.54, 1.807) is 5.48 Å². The number of hydroxylamine groups is 1. The molecule has 9 nitrogen and oxygen atoms in total. The molecule has 0 radical (unpaired) electrons. The van der Waals surface area contributed by atoms with Crippen LogP contribution >= 0.6 is 0 Å². The summed E-state index contributed by atoms with van der Waals surface area (Å²) in [5.74, 6) is -1.96. The van der Waals surface area contributed by atoms with E-state index in [9.17, 15) is 4.79 Å². The summed E-state index contributed by atoms with van der Waals surface area (Å²) in [6.45, 7) is 1.42. The zero-order valence-corrected chi connectivity index (χ0v) is 9.46. The van der Waals surface area contributed by atoms with Gasteiger partial charge in [0.05, 0.1) is 0 Å². The molecule has 0 aliphatic heterocycles. The lowest BCUT2D eigenvalue weighted by Gasteiger charge is -2.03. The molecule has 1 unspecified atom stereocenters. The number of carboxylic acids is 2. The van der Waals surface area contributed by atoms with Crippen LogP contribution in [0.4, 0.5) is 0 Å². The third kappa shape index (κ3) is 16.8. The molecule has 0 heterocycles. The summed E-state index contributed by atoms with van der Waals surface area (Å²) in [5.41, 5.74) is 12.0. The number of nitrogens with two attached hydrogens (primary N) is 2. The Hall–Kier alpha value is -1.87. The van der Waals surface area contributed by atoms with Crippen molar-refractivity contribution in [3.63, 3.8) is 0 Å². The van der Waals surface area contributed by atoms with Crippen molar-refractivity contribution >= 4 is 17.9 Å². The molecule has 0 aromatic heterocycles. The lowest BCUT2D eigenvalue weighted by atomic mass is 10.2. The molecule has 100 valence electrons. The van der Waals surface area contributed by atoms with Crippen LogP contribution in [0.2, 0.25) is 0 Å². The second-order valence-corrected chi connectivity index (χ2v) is 2.98. The van der Waals surface area contributed by atoms with E-state index in [1.807, 2.05) is 0 Å². The van der Waals surface area contributed by atoms with Gasteiger partial charge in [-0.15, -0.1) is 0 Å². The van der Waals surface area contributed by atoms with E-state index in [0.717, 1.165) is 6.92 Å². The summed E-state index contributed by atoms with van der Waals surface area (Å²) in [7, 11) is 0. The van der Waals surface area contributed by atoms with Gasteiger partial charge in [0.25, 0.3) is 5.97 Å². The summed E-state index contributed by atoms with van der Waals surface area (Å²) in [4.78, 5) is 22.9. The monoisotopic (exact) mass is 250 g/mol. The standard InChI is InChI=1S/C6H14N4O3.C2H4O2/c7-4(5(11)12)2-1-3-9-6(8)10-13;1-2(3)4/h4,13H,1-3,7H2,(H,11,12)(H3,8,9,10);1H3,(H,3,4). The lowest BCUT2D eigenvalue weighted by molar-refractivity contribution is -0.138. The minimum absolute atomic E-state index is 0.0936. The number of nitrogens with zero attached hydrogens (tertiary/aromatic N) is 1. The minimum atomic E-state index is -1.03. The van der Waals surface area contributed by atoms with Gasteiger partial charge in [-0.25, -0.2) is 5.48 Å². The zero-order chi connectivity index (χ0) is 13.8. The van der Waals surface area contributed by atoms with Crippen LogP contribution in [0.5, 0.6) is 0 Å². The molecule has 8 N–H and O–H groups in total. The average molecular weight is 250 g/mol. The van der Waals surface area contributed by atoms with Crippen molar-refractivity contribution in [3.8, 4) is 0 Å². The van der Waals surface area contributed by atoms with Crippen molar-refractivity contribution in [2.24, 2.45) is 16.5 Å². The molecule has 9 heteroatoms. The molecule has 17 heavy (non-hydrogen) atoms. The predicted octanol–water partition coefficient (Wildman–Crippen LogP) is -1.44. The zero-order valence-electron chi connectivity index (χ0n) is 9.46. The third-order valence-corrected chi connectivity index (χ3v) is 1.39. The molecule has 0 aliphatic carbocycles. The number of carbonyl (C=O) groups is 2. The molecule has 0 aromatic rings. The van der Waals surface area contributed by atoms with Gasteiger partial charge < -0.3 is 21.7 Å². The molecule has 0 saturated carbocycles. The van der Waals surface area contributed by atoms with Crippen molar-refractivity contribution in [2.75, 3.05) is 6.54 Å². The Morgan fingerprint density at radius 1 is 1.41 bits per heavy atom. The highest BCUT2D eigenvalue weighted by Crippen LogP contribution is 1.94. The first-order valence-corrected chi connectivity index (χ1v) is 4.69. The molecule has 0 aliphatic rings. The fraction of sp³-hybridized carbons (Fsp3) is 0.625. The van der Waals surface area contributed by atoms with E-state index in [-0.39, 0.29) is 5.96 Å². The fourth-order valence-electron chi connectivity index (χ4n) is 0.670. The van der Waals surface area contributed by atoms with E-state index in [1.165, 1.54) is 0 Å². The smallest absolute Gasteiger partial charge is 0.320 e. The van der Waals surface area contributed by atoms with Gasteiger partial charge >= 0.3 is 5.97 Å². The number of guanidine groups is 1. The number of aliphatic imine (C=N–C) groups is 1. The minimum Gasteiger partial charge on any atom is -0.481 e. The summed E-state index contributed by atoms with van der Waals surface area (Å²) >= 11 is 0. The maximum absolute atomic E-state index is 10.2. The van der Waals surface area contributed by atoms with Gasteiger partial charge in [-0.1, -0.05) is 0 Å². The van der Waals surface area contributed by atoms with Gasteiger partial charge in [0.15, 0.2) is 0 Å². The molecule has 0 amide bonds. The normalized spacial score (nSPS) is 12.1. The van der Waals surface area contributed by atoms with Gasteiger partial charge in [-0.3, -0.25) is 19.8 Å². The highest BCUT2D eigenvalue weighted by atomic mass is 16.5. The molecule has 1 atom stereocenters. The maximum Gasteiger partial charge on any atom is 0.320 e. The molecule has 0 saturated heterocycles. The van der Waals surface area contributed by atoms with Crippen LogP contribution in [0.1, 0.15) is 19.8 Å². The Bertz CT molecular complexity index is 265. The van der Waals surface area contributed by atoms with Gasteiger partial charge in [0, 0.05) is 13.5 Å². The second kappa shape index (κ2) is 10.6. The van der Waals surface area contributed by atoms with Crippen LogP contribution in [0.15, 0.2) is 4.99 Å². The molecular formula is C8H18N4O5. The van der Waals surface area contributed by atoms with Crippen LogP contribution < -0.4 is 16.9 Å². The van der Waals surface area contributed by atoms with Crippen molar-refractivity contribution in [2.45, 2.75) is 25.8 Å². The summed E-state index contributed by atoms with van der Waals surface area (Å²) in [5, 5.41) is 24.0. The van der Waals surface area contributed by atoms with E-state index in [2.05, 4.69) is 4.99 Å². The van der Waals surface area contributed by atoms with Crippen LogP contribution in [0, 0.1) is 0 Å². The van der Waals surface area contributed by atoms with E-state index in [4.69, 9.17) is 31.7 Å². The first-order chi connectivity index (χ1) is 7.81. The molecule has 0 spiro atoms. The lowest BCUT2D eigenvalue weighted by Crippen LogP contribution is -2.30. The van der Waals surface area contributed by atoms with Crippen LogP contribution in [0.3, 0.4) is 0 Å². The largest absolute Gasteiger partial charge is 0.481 e. The van der Waals surface area contributed by atoms with Crippen LogP contribution in [0.25, 0.3) is 0 Å². The summed E-state index contributed by atoms with van der Waals surface area (Å²) in [6.07, 6.45) is 0.841. The number of carboxylic acid groups (broad SMARTS) is 2. The summed E-state index contributed by atoms with van der Waals surface area (Å²) in [6, 6.07) is -0.862. The highest BCUT2D eigenvalue weighted by molar-refractivity contribution is 5.76. The summed E-state index contributed by atoms with van der Waals surface area (Å²) < 4.78 is 0. The van der Waals surface area contributed by atoms with Crippen molar-refractivity contribution < 1.29 is 25.0 Å². The molecule has 0 aromatic carbocycles. The fourth-order valence-corrected chi connectivity index (χ4v) is 0.670. The van der Waals surface area contributed by atoms with Crippen molar-refractivity contribution in [1.82, 2.24) is 5.48 Å². The topological polar surface area (TPSA) is 171 Å². The highest BCUT2D eigenvalue weighted by Gasteiger charge is 2.09. The maximum atomic E-state index is 10.2. The first kappa shape index (κ1) is 17.5. The number of hydrogen-bond acceptors (Lipinski definition) is 5. The molecule has 0 rings (SSSR count). The Morgan fingerprint density at radius 3 is 2.24 bits per heavy atom.